The smallest absolute Gasteiger partial charge is 0.302 e. The van der Waals surface area contributed by atoms with Crippen molar-refractivity contribution in [3.05, 3.63) is 0 Å². The molecule has 0 unspecified atom stereocenters. The maximum atomic E-state index is 10.3. The molecule has 0 aromatic carbocycles. The standard InChI is InChI=1S/C10H20O4/c1-3-4-5-6-12-9-13-7-8-14-10(2)11/h3-9H2,1-2H3. The highest BCUT2D eigenvalue weighted by atomic mass is 16.7. The third-order valence-electron chi connectivity index (χ3n) is 1.59. The Kier molecular flexibility index (Phi) is 10.0. The van der Waals surface area contributed by atoms with Gasteiger partial charge in [-0.3, -0.25) is 4.79 Å². The molecule has 0 atom stereocenters. The molecule has 0 aliphatic heterocycles. The fourth-order valence-electron chi connectivity index (χ4n) is 0.875. The monoisotopic (exact) mass is 204 g/mol. The van der Waals surface area contributed by atoms with E-state index < -0.39 is 0 Å². The number of rotatable bonds is 9. The summed E-state index contributed by atoms with van der Waals surface area (Å²) in [5, 5.41) is 0. The molecule has 0 aromatic rings. The molecule has 0 bridgehead atoms. The number of carbonyl (C=O) groups excluding carboxylic acids is 1. The van der Waals surface area contributed by atoms with Gasteiger partial charge in [-0.15, -0.1) is 0 Å². The van der Waals surface area contributed by atoms with Crippen LogP contribution in [0.15, 0.2) is 0 Å². The van der Waals surface area contributed by atoms with Gasteiger partial charge in [-0.25, -0.2) is 0 Å². The third kappa shape index (κ3) is 11.4. The predicted molar refractivity (Wildman–Crippen MR) is 52.9 cm³/mol. The molecule has 0 N–H and O–H groups in total. The van der Waals surface area contributed by atoms with Gasteiger partial charge < -0.3 is 14.2 Å². The van der Waals surface area contributed by atoms with Crippen molar-refractivity contribution in [2.75, 3.05) is 26.6 Å². The highest BCUT2D eigenvalue weighted by molar-refractivity contribution is 5.65. The maximum Gasteiger partial charge on any atom is 0.302 e. The first-order valence-electron chi connectivity index (χ1n) is 5.06. The molecule has 4 nitrogen and oxygen atoms in total. The molecular weight excluding hydrogens is 184 g/mol. The van der Waals surface area contributed by atoms with E-state index >= 15 is 0 Å². The normalized spacial score (nSPS) is 10.1. The molecule has 0 aliphatic rings. The van der Waals surface area contributed by atoms with Crippen LogP contribution in [0.4, 0.5) is 0 Å². The van der Waals surface area contributed by atoms with E-state index in [1.54, 1.807) is 0 Å². The van der Waals surface area contributed by atoms with Gasteiger partial charge in [-0.1, -0.05) is 19.8 Å². The van der Waals surface area contributed by atoms with Crippen LogP contribution in [0.1, 0.15) is 33.1 Å². The molecular formula is C10H20O4. The topological polar surface area (TPSA) is 44.8 Å². The Morgan fingerprint density at radius 2 is 1.79 bits per heavy atom. The molecule has 0 aliphatic carbocycles. The summed E-state index contributed by atoms with van der Waals surface area (Å²) in [6.45, 7) is 5.24. The second-order valence-corrected chi connectivity index (χ2v) is 2.98. The van der Waals surface area contributed by atoms with Crippen LogP contribution in [0.3, 0.4) is 0 Å². The van der Waals surface area contributed by atoms with E-state index in [2.05, 4.69) is 11.7 Å². The van der Waals surface area contributed by atoms with Crippen molar-refractivity contribution >= 4 is 5.97 Å². The van der Waals surface area contributed by atoms with Crippen LogP contribution < -0.4 is 0 Å². The lowest BCUT2D eigenvalue weighted by Crippen LogP contribution is -2.09. The van der Waals surface area contributed by atoms with Crippen molar-refractivity contribution in [3.63, 3.8) is 0 Å². The summed E-state index contributed by atoms with van der Waals surface area (Å²) >= 11 is 0. The van der Waals surface area contributed by atoms with Crippen molar-refractivity contribution in [3.8, 4) is 0 Å². The van der Waals surface area contributed by atoms with Gasteiger partial charge in [0.2, 0.25) is 0 Å². The van der Waals surface area contributed by atoms with Crippen LogP contribution in [0.5, 0.6) is 0 Å². The summed E-state index contributed by atoms with van der Waals surface area (Å²) in [7, 11) is 0. The largest absolute Gasteiger partial charge is 0.463 e. The van der Waals surface area contributed by atoms with Crippen LogP contribution >= 0.6 is 0 Å². The van der Waals surface area contributed by atoms with E-state index in [0.717, 1.165) is 13.0 Å². The molecule has 0 saturated heterocycles. The average Bonchev–Trinajstić information content (AvgIpc) is 2.15. The van der Waals surface area contributed by atoms with E-state index in [9.17, 15) is 4.79 Å². The minimum absolute atomic E-state index is 0.280. The average molecular weight is 204 g/mol. The molecule has 0 radical (unpaired) electrons. The molecule has 0 fully saturated rings. The molecule has 0 rings (SSSR count). The van der Waals surface area contributed by atoms with Gasteiger partial charge >= 0.3 is 5.97 Å². The molecule has 0 heterocycles. The number of carbonyl (C=O) groups is 1. The van der Waals surface area contributed by atoms with Crippen molar-refractivity contribution in [2.24, 2.45) is 0 Å². The number of hydrogen-bond donors (Lipinski definition) is 0. The molecule has 0 spiro atoms. The Labute approximate surface area is 85.5 Å². The van der Waals surface area contributed by atoms with Gasteiger partial charge in [-0.05, 0) is 6.42 Å². The number of ether oxygens (including phenoxy) is 3. The van der Waals surface area contributed by atoms with Gasteiger partial charge in [0.15, 0.2) is 0 Å². The van der Waals surface area contributed by atoms with E-state index in [4.69, 9.17) is 9.47 Å². The first-order valence-corrected chi connectivity index (χ1v) is 5.06. The highest BCUT2D eigenvalue weighted by Gasteiger charge is 1.92. The quantitative estimate of drug-likeness (QED) is 0.326. The maximum absolute atomic E-state index is 10.3. The summed E-state index contributed by atoms with van der Waals surface area (Å²) in [5.74, 6) is -0.280. The summed E-state index contributed by atoms with van der Waals surface area (Å²) in [6.07, 6.45) is 3.45. The van der Waals surface area contributed by atoms with Crippen molar-refractivity contribution in [1.29, 1.82) is 0 Å². The zero-order chi connectivity index (χ0) is 10.6. The molecule has 84 valence electrons. The fraction of sp³-hybridized carbons (Fsp3) is 0.900. The van der Waals surface area contributed by atoms with E-state index in [-0.39, 0.29) is 12.8 Å². The van der Waals surface area contributed by atoms with Gasteiger partial charge in [0, 0.05) is 13.5 Å². The van der Waals surface area contributed by atoms with Crippen molar-refractivity contribution in [2.45, 2.75) is 33.1 Å². The molecule has 4 heteroatoms. The van der Waals surface area contributed by atoms with Crippen LogP contribution in [0, 0.1) is 0 Å². The second kappa shape index (κ2) is 10.5. The van der Waals surface area contributed by atoms with Gasteiger partial charge in [0.25, 0.3) is 0 Å². The molecule has 0 amide bonds. The fourth-order valence-corrected chi connectivity index (χ4v) is 0.875. The lowest BCUT2D eigenvalue weighted by molar-refractivity contribution is -0.144. The SMILES string of the molecule is CCCCCOCOCCOC(C)=O. The minimum atomic E-state index is -0.280. The first kappa shape index (κ1) is 13.4. The Bertz CT molecular complexity index is 136. The summed E-state index contributed by atoms with van der Waals surface area (Å²) in [6, 6.07) is 0. The van der Waals surface area contributed by atoms with Crippen molar-refractivity contribution < 1.29 is 19.0 Å². The number of hydrogen-bond acceptors (Lipinski definition) is 4. The predicted octanol–water partition coefficient (Wildman–Crippen LogP) is 1.73. The molecule has 0 aromatic heterocycles. The van der Waals surface area contributed by atoms with Gasteiger partial charge in [0.1, 0.15) is 13.4 Å². The first-order chi connectivity index (χ1) is 6.77. The Morgan fingerprint density at radius 3 is 2.43 bits per heavy atom. The zero-order valence-electron chi connectivity index (χ0n) is 9.08. The lowest BCUT2D eigenvalue weighted by Gasteiger charge is -2.05. The van der Waals surface area contributed by atoms with Crippen LogP contribution in [0.2, 0.25) is 0 Å². The van der Waals surface area contributed by atoms with Gasteiger partial charge in [-0.2, -0.15) is 0 Å². The lowest BCUT2D eigenvalue weighted by atomic mass is 10.3. The Balaban J connectivity index is 2.88. The van der Waals surface area contributed by atoms with E-state index in [0.29, 0.717) is 13.2 Å². The third-order valence-corrected chi connectivity index (χ3v) is 1.59. The van der Waals surface area contributed by atoms with Crippen LogP contribution in [-0.2, 0) is 19.0 Å². The number of esters is 1. The van der Waals surface area contributed by atoms with Crippen molar-refractivity contribution in [1.82, 2.24) is 0 Å². The highest BCUT2D eigenvalue weighted by Crippen LogP contribution is 1.93. The summed E-state index contributed by atoms with van der Waals surface area (Å²) < 4.78 is 14.9. The Morgan fingerprint density at radius 1 is 1.07 bits per heavy atom. The minimum Gasteiger partial charge on any atom is -0.463 e. The zero-order valence-corrected chi connectivity index (χ0v) is 9.08. The molecule has 0 saturated carbocycles. The summed E-state index contributed by atoms with van der Waals surface area (Å²) in [4.78, 5) is 10.3. The molecule has 14 heavy (non-hydrogen) atoms. The Hall–Kier alpha value is -0.610. The van der Waals surface area contributed by atoms with Gasteiger partial charge in [0.05, 0.1) is 6.61 Å². The van der Waals surface area contributed by atoms with E-state index in [1.165, 1.54) is 19.8 Å². The van der Waals surface area contributed by atoms with Crippen LogP contribution in [-0.4, -0.2) is 32.6 Å². The number of unbranched alkanes of at least 4 members (excludes halogenated alkanes) is 2. The second-order valence-electron chi connectivity index (χ2n) is 2.98. The van der Waals surface area contributed by atoms with Crippen LogP contribution in [0.25, 0.3) is 0 Å². The van der Waals surface area contributed by atoms with E-state index in [1.807, 2.05) is 0 Å². The summed E-state index contributed by atoms with van der Waals surface area (Å²) in [5.41, 5.74) is 0.